The summed E-state index contributed by atoms with van der Waals surface area (Å²) >= 11 is 12.7. The van der Waals surface area contributed by atoms with Gasteiger partial charge in [-0.2, -0.15) is 5.10 Å². The number of aliphatic hydroxyl groups is 1. The molecule has 272 valence electrons. The van der Waals surface area contributed by atoms with Crippen molar-refractivity contribution in [2.75, 3.05) is 18.5 Å². The summed E-state index contributed by atoms with van der Waals surface area (Å²) in [5, 5.41) is 32.0. The minimum atomic E-state index is -0.511. The summed E-state index contributed by atoms with van der Waals surface area (Å²) < 4.78 is 9.05. The second kappa shape index (κ2) is 15.9. The number of phenolic OH excluding ortho intramolecular Hbond substituents is 1. The van der Waals surface area contributed by atoms with Crippen LogP contribution in [0.1, 0.15) is 59.2 Å². The van der Waals surface area contributed by atoms with Crippen LogP contribution >= 0.6 is 23.2 Å². The number of rotatable bonds is 11. The third kappa shape index (κ3) is 8.59. The van der Waals surface area contributed by atoms with Crippen molar-refractivity contribution in [3.63, 3.8) is 0 Å². The molecular formula is C38H40Cl2N6O6. The Bertz CT molecular complexity index is 2190. The number of nitrogens with one attached hydrogen (secondary N) is 3. The Kier molecular flexibility index (Phi) is 11.6. The molecule has 0 spiro atoms. The fraction of sp³-hybridized carbons (Fsp3) is 0.263. The van der Waals surface area contributed by atoms with Gasteiger partial charge in [-0.25, -0.2) is 9.48 Å². The van der Waals surface area contributed by atoms with Gasteiger partial charge in [0.2, 0.25) is 0 Å². The Balaban J connectivity index is 1.31. The highest BCUT2D eigenvalue weighted by Crippen LogP contribution is 2.30. The minimum Gasteiger partial charge on any atom is -0.506 e. The monoisotopic (exact) mass is 746 g/mol. The van der Waals surface area contributed by atoms with Crippen LogP contribution in [0.5, 0.6) is 11.5 Å². The van der Waals surface area contributed by atoms with Crippen LogP contribution in [0.25, 0.3) is 11.4 Å². The van der Waals surface area contributed by atoms with Gasteiger partial charge >= 0.3 is 6.03 Å². The average Bonchev–Trinajstić information content (AvgIpc) is 3.54. The van der Waals surface area contributed by atoms with Gasteiger partial charge in [0.05, 0.1) is 28.7 Å². The number of aromatic nitrogens is 3. The number of pyridine rings is 1. The number of aromatic hydroxyl groups is 1. The Morgan fingerprint density at radius 3 is 2.37 bits per heavy atom. The highest BCUT2D eigenvalue weighted by Gasteiger charge is 2.22. The van der Waals surface area contributed by atoms with Crippen LogP contribution in [-0.4, -0.2) is 49.7 Å². The van der Waals surface area contributed by atoms with Gasteiger partial charge in [0, 0.05) is 41.9 Å². The predicted molar refractivity (Wildman–Crippen MR) is 202 cm³/mol. The van der Waals surface area contributed by atoms with Gasteiger partial charge in [-0.05, 0) is 60.9 Å². The topological polar surface area (TPSA) is 160 Å². The van der Waals surface area contributed by atoms with Gasteiger partial charge < -0.3 is 25.6 Å². The van der Waals surface area contributed by atoms with Crippen LogP contribution < -0.4 is 26.2 Å². The maximum atomic E-state index is 13.6. The Labute approximate surface area is 311 Å². The molecule has 5 N–H and O–H groups in total. The van der Waals surface area contributed by atoms with E-state index in [2.05, 4.69) is 21.0 Å². The molecule has 0 aliphatic carbocycles. The number of urea groups is 1. The number of hydrogen-bond acceptors (Lipinski definition) is 7. The molecule has 0 atom stereocenters. The number of nitrogens with zero attached hydrogens (tertiary/aromatic N) is 3. The van der Waals surface area contributed by atoms with Crippen molar-refractivity contribution in [1.82, 2.24) is 25.0 Å². The van der Waals surface area contributed by atoms with Crippen LogP contribution in [0.2, 0.25) is 10.0 Å². The summed E-state index contributed by atoms with van der Waals surface area (Å²) in [4.78, 5) is 39.3. The van der Waals surface area contributed by atoms with E-state index >= 15 is 0 Å². The molecule has 0 bridgehead atoms. The molecule has 0 fully saturated rings. The molecule has 5 aromatic rings. The standard InChI is InChI=1S/C38H40Cl2N6O6/c1-22-10-11-24(35(49)41-14-15-47)17-29(22)45-23(2)16-31(34(40)36(45)50)52-21-26-9-7-6-8-25(26)20-42-37(51)43-33-19-32(38(3,4)5)44-46(33)27-12-13-30(48)28(39)18-27/h6-13,16-19,47-48H,14-15,20-21H2,1-5H3,(H,41,49)(H2,42,43,51). The molecule has 0 aliphatic heterocycles. The third-order valence-electron chi connectivity index (χ3n) is 8.25. The first-order chi connectivity index (χ1) is 24.7. The second-order valence-electron chi connectivity index (χ2n) is 13.2. The van der Waals surface area contributed by atoms with Crippen molar-refractivity contribution in [3.05, 3.63) is 127 Å². The lowest BCUT2D eigenvalue weighted by atomic mass is 9.92. The zero-order chi connectivity index (χ0) is 37.7. The summed E-state index contributed by atoms with van der Waals surface area (Å²) in [6.45, 7) is 9.73. The van der Waals surface area contributed by atoms with E-state index < -0.39 is 11.6 Å². The molecule has 0 aliphatic rings. The van der Waals surface area contributed by atoms with E-state index in [9.17, 15) is 19.5 Å². The van der Waals surface area contributed by atoms with E-state index in [4.69, 9.17) is 33.0 Å². The van der Waals surface area contributed by atoms with Crippen molar-refractivity contribution < 1.29 is 24.5 Å². The zero-order valence-electron chi connectivity index (χ0n) is 29.4. The number of anilines is 1. The molecule has 3 amide bonds. The van der Waals surface area contributed by atoms with Crippen LogP contribution in [0.3, 0.4) is 0 Å². The fourth-order valence-electron chi connectivity index (χ4n) is 5.37. The lowest BCUT2D eigenvalue weighted by Gasteiger charge is -2.18. The molecule has 2 heterocycles. The van der Waals surface area contributed by atoms with E-state index in [0.717, 1.165) is 22.4 Å². The van der Waals surface area contributed by atoms with Crippen LogP contribution in [0, 0.1) is 13.8 Å². The number of benzene rings is 3. The Morgan fingerprint density at radius 1 is 0.942 bits per heavy atom. The smallest absolute Gasteiger partial charge is 0.320 e. The molecule has 52 heavy (non-hydrogen) atoms. The third-order valence-corrected chi connectivity index (χ3v) is 8.90. The molecule has 0 unspecified atom stereocenters. The SMILES string of the molecule is Cc1ccc(C(=O)NCCO)cc1-n1c(C)cc(OCc2ccccc2CNC(=O)Nc2cc(C(C)(C)C)nn2-c2ccc(O)c(Cl)c2)c(Cl)c1=O. The van der Waals surface area contributed by atoms with Gasteiger partial charge in [-0.15, -0.1) is 0 Å². The molecule has 0 radical (unpaired) electrons. The zero-order valence-corrected chi connectivity index (χ0v) is 30.9. The first-order valence-electron chi connectivity index (χ1n) is 16.4. The quantitative estimate of drug-likeness (QED) is 0.102. The lowest BCUT2D eigenvalue weighted by molar-refractivity contribution is 0.0944. The number of carbonyl (C=O) groups is 2. The summed E-state index contributed by atoms with van der Waals surface area (Å²) in [5.41, 5.74) is 4.13. The van der Waals surface area contributed by atoms with Crippen LogP contribution in [0.15, 0.2) is 77.6 Å². The first kappa shape index (κ1) is 37.9. The predicted octanol–water partition coefficient (Wildman–Crippen LogP) is 6.57. The number of halogens is 2. The number of phenols is 1. The van der Waals surface area contributed by atoms with Crippen LogP contribution in [0.4, 0.5) is 10.6 Å². The largest absolute Gasteiger partial charge is 0.506 e. The summed E-state index contributed by atoms with van der Waals surface area (Å²) in [6, 6.07) is 20.0. The maximum absolute atomic E-state index is 13.6. The van der Waals surface area contributed by atoms with E-state index in [0.29, 0.717) is 28.5 Å². The van der Waals surface area contributed by atoms with Crippen molar-refractivity contribution >= 4 is 41.0 Å². The van der Waals surface area contributed by atoms with Gasteiger partial charge in [0.25, 0.3) is 11.5 Å². The first-order valence-corrected chi connectivity index (χ1v) is 17.2. The van der Waals surface area contributed by atoms with Crippen molar-refractivity contribution in [3.8, 4) is 22.9 Å². The molecule has 5 rings (SSSR count). The van der Waals surface area contributed by atoms with Crippen molar-refractivity contribution in [1.29, 1.82) is 0 Å². The lowest BCUT2D eigenvalue weighted by Crippen LogP contribution is -2.29. The van der Waals surface area contributed by atoms with Gasteiger partial charge in [-0.1, -0.05) is 74.3 Å². The van der Waals surface area contributed by atoms with Crippen molar-refractivity contribution in [2.24, 2.45) is 0 Å². The molecule has 0 saturated carbocycles. The normalized spacial score (nSPS) is 11.3. The molecule has 12 nitrogen and oxygen atoms in total. The second-order valence-corrected chi connectivity index (χ2v) is 13.9. The van der Waals surface area contributed by atoms with Gasteiger partial charge in [0.15, 0.2) is 0 Å². The summed E-state index contributed by atoms with van der Waals surface area (Å²) in [6.07, 6.45) is 0. The van der Waals surface area contributed by atoms with Crippen molar-refractivity contribution in [2.45, 2.75) is 53.2 Å². The fourth-order valence-corrected chi connectivity index (χ4v) is 5.74. The molecule has 0 saturated heterocycles. The molecule has 14 heteroatoms. The Morgan fingerprint density at radius 2 is 1.67 bits per heavy atom. The number of aryl methyl sites for hydroxylation is 2. The highest BCUT2D eigenvalue weighted by atomic mass is 35.5. The number of hydrogen-bond donors (Lipinski definition) is 5. The Hall–Kier alpha value is -5.30. The number of carbonyl (C=O) groups excluding carboxylic acids is 2. The van der Waals surface area contributed by atoms with Crippen LogP contribution in [-0.2, 0) is 18.6 Å². The number of ether oxygens (including phenoxy) is 1. The average molecular weight is 748 g/mol. The maximum Gasteiger partial charge on any atom is 0.320 e. The molecular weight excluding hydrogens is 707 g/mol. The van der Waals surface area contributed by atoms with E-state index in [1.165, 1.54) is 10.6 Å². The summed E-state index contributed by atoms with van der Waals surface area (Å²) in [5.74, 6) is 0.156. The molecule has 2 aromatic heterocycles. The van der Waals surface area contributed by atoms with Gasteiger partial charge in [0.1, 0.15) is 28.9 Å². The van der Waals surface area contributed by atoms with E-state index in [-0.39, 0.29) is 59.2 Å². The van der Waals surface area contributed by atoms with Gasteiger partial charge in [-0.3, -0.25) is 19.5 Å². The molecule has 3 aromatic carbocycles. The number of amides is 3. The highest BCUT2D eigenvalue weighted by molar-refractivity contribution is 6.32. The van der Waals surface area contributed by atoms with E-state index in [1.54, 1.807) is 54.1 Å². The van der Waals surface area contributed by atoms with E-state index in [1.807, 2.05) is 52.0 Å². The minimum absolute atomic E-state index is 0.0605. The number of aliphatic hydroxyl groups excluding tert-OH is 1. The summed E-state index contributed by atoms with van der Waals surface area (Å²) in [7, 11) is 0.